The third kappa shape index (κ3) is 2.04. The summed E-state index contributed by atoms with van der Waals surface area (Å²) in [5.74, 6) is 1.91. The maximum atomic E-state index is 3.94. The molecule has 0 aliphatic heterocycles. The van der Waals surface area contributed by atoms with Gasteiger partial charge >= 0.3 is 0 Å². The van der Waals surface area contributed by atoms with Gasteiger partial charge in [-0.25, -0.2) is 0 Å². The molecule has 82 valence electrons. The van der Waals surface area contributed by atoms with E-state index in [1.807, 2.05) is 17.9 Å². The van der Waals surface area contributed by atoms with E-state index < -0.39 is 0 Å². The van der Waals surface area contributed by atoms with Crippen LogP contribution in [0.2, 0.25) is 0 Å². The molecule has 2 aliphatic carbocycles. The average molecular weight is 206 g/mol. The Morgan fingerprint density at radius 3 is 2.53 bits per heavy atom. The molecule has 0 saturated heterocycles. The summed E-state index contributed by atoms with van der Waals surface area (Å²) in [7, 11) is 1.95. The quantitative estimate of drug-likeness (QED) is 0.784. The average Bonchev–Trinajstić information content (AvgIpc) is 3.11. The van der Waals surface area contributed by atoms with Gasteiger partial charge in [0.25, 0.3) is 0 Å². The van der Waals surface area contributed by atoms with Crippen molar-refractivity contribution >= 4 is 0 Å². The molecule has 0 atom stereocenters. The summed E-state index contributed by atoms with van der Waals surface area (Å²) in [4.78, 5) is 0. The molecule has 0 bridgehead atoms. The third-order valence-electron chi connectivity index (χ3n) is 3.59. The van der Waals surface area contributed by atoms with Crippen LogP contribution in [0.25, 0.3) is 0 Å². The molecule has 0 spiro atoms. The molecule has 1 heterocycles. The molecule has 1 aromatic heterocycles. The van der Waals surface area contributed by atoms with Crippen LogP contribution in [-0.2, 0) is 13.6 Å². The standard InChI is InChI=1S/C11H18N4/c1-15-10(7-13-14-15)6-12-11(8-2-3-8)9-4-5-9/h7-9,11-12H,2-6H2,1H3. The fraction of sp³-hybridized carbons (Fsp3) is 0.818. The van der Waals surface area contributed by atoms with Gasteiger partial charge < -0.3 is 5.32 Å². The van der Waals surface area contributed by atoms with Crippen molar-refractivity contribution in [1.29, 1.82) is 0 Å². The lowest BCUT2D eigenvalue weighted by Crippen LogP contribution is -2.33. The van der Waals surface area contributed by atoms with Gasteiger partial charge in [-0.3, -0.25) is 4.68 Å². The first-order valence-corrected chi connectivity index (χ1v) is 5.91. The molecule has 1 aromatic rings. The molecule has 0 radical (unpaired) electrons. The van der Waals surface area contributed by atoms with E-state index in [1.54, 1.807) is 0 Å². The fourth-order valence-electron chi connectivity index (χ4n) is 2.32. The van der Waals surface area contributed by atoms with Gasteiger partial charge in [0, 0.05) is 19.6 Å². The summed E-state index contributed by atoms with van der Waals surface area (Å²) in [5.41, 5.74) is 1.18. The highest BCUT2D eigenvalue weighted by Crippen LogP contribution is 2.44. The van der Waals surface area contributed by atoms with Crippen LogP contribution in [0.3, 0.4) is 0 Å². The summed E-state index contributed by atoms with van der Waals surface area (Å²) in [6.45, 7) is 0.918. The van der Waals surface area contributed by atoms with E-state index in [1.165, 1.54) is 31.4 Å². The van der Waals surface area contributed by atoms with Gasteiger partial charge in [0.2, 0.25) is 0 Å². The van der Waals surface area contributed by atoms with E-state index in [-0.39, 0.29) is 0 Å². The molecule has 15 heavy (non-hydrogen) atoms. The smallest absolute Gasteiger partial charge is 0.0738 e. The van der Waals surface area contributed by atoms with Crippen molar-refractivity contribution in [3.63, 3.8) is 0 Å². The van der Waals surface area contributed by atoms with Crippen molar-refractivity contribution in [3.8, 4) is 0 Å². The highest BCUT2D eigenvalue weighted by molar-refractivity contribution is 4.99. The normalized spacial score (nSPS) is 21.2. The van der Waals surface area contributed by atoms with Gasteiger partial charge in [-0.15, -0.1) is 5.10 Å². The van der Waals surface area contributed by atoms with Crippen molar-refractivity contribution < 1.29 is 0 Å². The van der Waals surface area contributed by atoms with Crippen LogP contribution in [0.4, 0.5) is 0 Å². The predicted molar refractivity (Wildman–Crippen MR) is 57.1 cm³/mol. The van der Waals surface area contributed by atoms with E-state index in [9.17, 15) is 0 Å². The highest BCUT2D eigenvalue weighted by Gasteiger charge is 2.40. The summed E-state index contributed by atoms with van der Waals surface area (Å²) in [6, 6.07) is 0.764. The van der Waals surface area contributed by atoms with E-state index in [4.69, 9.17) is 0 Å². The van der Waals surface area contributed by atoms with Crippen LogP contribution in [-0.4, -0.2) is 21.0 Å². The van der Waals surface area contributed by atoms with Crippen LogP contribution >= 0.6 is 0 Å². The highest BCUT2D eigenvalue weighted by atomic mass is 15.4. The first-order chi connectivity index (χ1) is 7.34. The molecule has 4 heteroatoms. The van der Waals surface area contributed by atoms with E-state index in [0.717, 1.165) is 24.4 Å². The molecule has 0 aromatic carbocycles. The van der Waals surface area contributed by atoms with Crippen LogP contribution in [0.15, 0.2) is 6.20 Å². The Kier molecular flexibility index (Phi) is 2.24. The zero-order chi connectivity index (χ0) is 10.3. The lowest BCUT2D eigenvalue weighted by molar-refractivity contribution is 0.409. The number of rotatable bonds is 5. The van der Waals surface area contributed by atoms with Crippen LogP contribution in [0.5, 0.6) is 0 Å². The van der Waals surface area contributed by atoms with Crippen LogP contribution in [0.1, 0.15) is 31.4 Å². The third-order valence-corrected chi connectivity index (χ3v) is 3.59. The molecular formula is C11H18N4. The van der Waals surface area contributed by atoms with Crippen molar-refractivity contribution in [1.82, 2.24) is 20.3 Å². The van der Waals surface area contributed by atoms with Gasteiger partial charge in [-0.2, -0.15) is 0 Å². The van der Waals surface area contributed by atoms with Crippen LogP contribution in [0, 0.1) is 11.8 Å². The number of nitrogens with one attached hydrogen (secondary N) is 1. The number of hydrogen-bond donors (Lipinski definition) is 1. The van der Waals surface area contributed by atoms with Crippen molar-refractivity contribution in [2.75, 3.05) is 0 Å². The Labute approximate surface area is 90.0 Å². The van der Waals surface area contributed by atoms with Crippen molar-refractivity contribution in [3.05, 3.63) is 11.9 Å². The number of aryl methyl sites for hydroxylation is 1. The Morgan fingerprint density at radius 1 is 1.40 bits per heavy atom. The molecule has 0 unspecified atom stereocenters. The lowest BCUT2D eigenvalue weighted by Gasteiger charge is -2.17. The van der Waals surface area contributed by atoms with Gasteiger partial charge in [0.1, 0.15) is 0 Å². The van der Waals surface area contributed by atoms with Gasteiger partial charge in [0.05, 0.1) is 11.9 Å². The number of hydrogen-bond acceptors (Lipinski definition) is 3. The molecule has 2 fully saturated rings. The number of aromatic nitrogens is 3. The molecule has 1 N–H and O–H groups in total. The second kappa shape index (κ2) is 3.59. The Bertz CT molecular complexity index is 326. The fourth-order valence-corrected chi connectivity index (χ4v) is 2.32. The first-order valence-electron chi connectivity index (χ1n) is 5.91. The molecule has 2 saturated carbocycles. The minimum Gasteiger partial charge on any atom is -0.308 e. The Morgan fingerprint density at radius 2 is 2.07 bits per heavy atom. The van der Waals surface area contributed by atoms with Crippen molar-refractivity contribution in [2.24, 2.45) is 18.9 Å². The molecule has 2 aliphatic rings. The summed E-state index contributed by atoms with van der Waals surface area (Å²) in [5, 5.41) is 11.5. The maximum absolute atomic E-state index is 3.94. The van der Waals surface area contributed by atoms with E-state index >= 15 is 0 Å². The molecule has 4 nitrogen and oxygen atoms in total. The molecular weight excluding hydrogens is 188 g/mol. The second-order valence-corrected chi connectivity index (χ2v) is 4.93. The zero-order valence-electron chi connectivity index (χ0n) is 9.19. The minimum atomic E-state index is 0.764. The van der Waals surface area contributed by atoms with E-state index in [0.29, 0.717) is 0 Å². The minimum absolute atomic E-state index is 0.764. The molecule has 0 amide bonds. The van der Waals surface area contributed by atoms with Gasteiger partial charge in [-0.1, -0.05) is 5.21 Å². The summed E-state index contributed by atoms with van der Waals surface area (Å²) >= 11 is 0. The Hall–Kier alpha value is -0.900. The SMILES string of the molecule is Cn1nncc1CNC(C1CC1)C1CC1. The zero-order valence-corrected chi connectivity index (χ0v) is 9.19. The van der Waals surface area contributed by atoms with Crippen molar-refractivity contribution in [2.45, 2.75) is 38.3 Å². The van der Waals surface area contributed by atoms with Crippen LogP contribution < -0.4 is 5.32 Å². The first kappa shape index (κ1) is 9.33. The Balaban J connectivity index is 1.57. The molecule has 3 rings (SSSR count). The monoisotopic (exact) mass is 206 g/mol. The number of nitrogens with zero attached hydrogens (tertiary/aromatic N) is 3. The topological polar surface area (TPSA) is 42.7 Å². The van der Waals surface area contributed by atoms with E-state index in [2.05, 4.69) is 15.6 Å². The lowest BCUT2D eigenvalue weighted by atomic mass is 10.1. The summed E-state index contributed by atoms with van der Waals surface area (Å²) < 4.78 is 1.85. The second-order valence-electron chi connectivity index (χ2n) is 4.93. The predicted octanol–water partition coefficient (Wildman–Crippen LogP) is 1.09. The van der Waals surface area contributed by atoms with Gasteiger partial charge in [0.15, 0.2) is 0 Å². The summed E-state index contributed by atoms with van der Waals surface area (Å²) in [6.07, 6.45) is 7.56. The largest absolute Gasteiger partial charge is 0.308 e. The van der Waals surface area contributed by atoms with Gasteiger partial charge in [-0.05, 0) is 37.5 Å². The maximum Gasteiger partial charge on any atom is 0.0738 e.